The SMILES string of the molecule is Nc1nc2c(ncn2C2=C3O[PH](O)(O)OCc4oc(C5=CCC6C(N)NCNN56)c(O)c4O[PH](O)(O)O/C=C(/O2)[C@H]3O)c(=O)[nH]1. The zero-order chi connectivity index (χ0) is 31.8. The van der Waals surface area contributed by atoms with Crippen molar-refractivity contribution in [3.63, 3.8) is 0 Å². The summed E-state index contributed by atoms with van der Waals surface area (Å²) in [7, 11) is -10.6. The Morgan fingerprint density at radius 3 is 2.76 bits per heavy atom. The van der Waals surface area contributed by atoms with Crippen molar-refractivity contribution in [3.05, 3.63) is 52.1 Å². The number of hydrazine groups is 1. The molecular weight excluding hydrogens is 648 g/mol. The van der Waals surface area contributed by atoms with Gasteiger partial charge in [0.15, 0.2) is 0 Å². The van der Waals surface area contributed by atoms with Crippen molar-refractivity contribution in [3.8, 4) is 11.5 Å². The first-order valence-electron chi connectivity index (χ1n) is 13.0. The third-order valence-corrected chi connectivity index (χ3v) is 8.97. The predicted molar refractivity (Wildman–Crippen MR) is 152 cm³/mol. The number of anilines is 1. The van der Waals surface area contributed by atoms with E-state index in [4.69, 9.17) is 38.7 Å². The van der Waals surface area contributed by atoms with Gasteiger partial charge in [-0.2, -0.15) is 0 Å². The summed E-state index contributed by atoms with van der Waals surface area (Å²) in [4.78, 5) is 65.3. The van der Waals surface area contributed by atoms with Gasteiger partial charge < -0.3 is 0 Å². The van der Waals surface area contributed by atoms with Crippen LogP contribution in [0, 0.1) is 0 Å². The van der Waals surface area contributed by atoms with E-state index in [0.717, 1.165) is 10.9 Å². The number of aromatic hydroxyl groups is 1. The van der Waals surface area contributed by atoms with Crippen LogP contribution in [0.5, 0.6) is 11.5 Å². The molecule has 0 radical (unpaired) electrons. The number of imidazole rings is 1. The molecule has 3 aromatic rings. The van der Waals surface area contributed by atoms with E-state index in [0.29, 0.717) is 25.0 Å². The van der Waals surface area contributed by atoms with E-state index < -0.39 is 75.4 Å². The topological polar surface area (TPSA) is 324 Å². The monoisotopic (exact) mass is 675 g/mol. The van der Waals surface area contributed by atoms with Crippen LogP contribution in [0.25, 0.3) is 22.7 Å². The molecule has 0 aromatic carbocycles. The van der Waals surface area contributed by atoms with E-state index >= 15 is 0 Å². The molecule has 0 saturated carbocycles. The number of rotatable bonds is 2. The quantitative estimate of drug-likeness (QED) is 0.126. The number of hydrogen-bond acceptors (Lipinski definition) is 20. The molecule has 13 N–H and O–H groups in total. The van der Waals surface area contributed by atoms with Gasteiger partial charge in [-0.15, -0.1) is 0 Å². The molecule has 244 valence electrons. The number of nitrogen functional groups attached to an aromatic ring is 1. The summed E-state index contributed by atoms with van der Waals surface area (Å²) < 4.78 is 33.2. The van der Waals surface area contributed by atoms with Crippen LogP contribution in [0.1, 0.15) is 17.9 Å². The summed E-state index contributed by atoms with van der Waals surface area (Å²) in [5.74, 6) is -3.95. The van der Waals surface area contributed by atoms with Crippen LogP contribution in [0.3, 0.4) is 0 Å². The number of ether oxygens (including phenoxy) is 1. The molecule has 22 nitrogen and oxygen atoms in total. The van der Waals surface area contributed by atoms with Gasteiger partial charge in [0.1, 0.15) is 0 Å². The number of aromatic amines is 1. The molecule has 3 aromatic heterocycles. The van der Waals surface area contributed by atoms with Crippen LogP contribution in [0.2, 0.25) is 0 Å². The third-order valence-electron chi connectivity index (χ3n) is 7.07. The van der Waals surface area contributed by atoms with E-state index in [1.54, 1.807) is 11.1 Å². The second kappa shape index (κ2) is 10.5. The second-order valence-electron chi connectivity index (χ2n) is 10.00. The fourth-order valence-electron chi connectivity index (χ4n) is 5.06. The molecule has 1 fully saturated rings. The van der Waals surface area contributed by atoms with E-state index in [1.807, 2.05) is 0 Å². The molecule has 1 saturated heterocycles. The van der Waals surface area contributed by atoms with Crippen molar-refractivity contribution in [2.45, 2.75) is 31.3 Å². The summed E-state index contributed by atoms with van der Waals surface area (Å²) in [6.07, 6.45) is 1.41. The molecule has 0 spiro atoms. The maximum absolute atomic E-state index is 12.3. The summed E-state index contributed by atoms with van der Waals surface area (Å²) >= 11 is 0. The zero-order valence-corrected chi connectivity index (χ0v) is 24.6. The molecule has 45 heavy (non-hydrogen) atoms. The number of furan rings is 1. The van der Waals surface area contributed by atoms with Gasteiger partial charge in [0, 0.05) is 0 Å². The molecule has 3 atom stereocenters. The van der Waals surface area contributed by atoms with E-state index in [-0.39, 0.29) is 28.9 Å². The zero-order valence-electron chi connectivity index (χ0n) is 22.6. The summed E-state index contributed by atoms with van der Waals surface area (Å²) in [6.45, 7) is -0.568. The van der Waals surface area contributed by atoms with Gasteiger partial charge in [-0.3, -0.25) is 0 Å². The Morgan fingerprint density at radius 2 is 1.96 bits per heavy atom. The normalized spacial score (nSPS) is 28.4. The number of aromatic nitrogens is 4. The summed E-state index contributed by atoms with van der Waals surface area (Å²) in [5.41, 5.74) is 14.1. The van der Waals surface area contributed by atoms with Crippen molar-refractivity contribution in [1.82, 2.24) is 35.3 Å². The van der Waals surface area contributed by atoms with Crippen molar-refractivity contribution in [1.29, 1.82) is 0 Å². The Morgan fingerprint density at radius 1 is 1.16 bits per heavy atom. The van der Waals surface area contributed by atoms with Crippen molar-refractivity contribution in [2.24, 2.45) is 5.73 Å². The number of nitrogens with zero attached hydrogens (tertiary/aromatic N) is 4. The molecule has 7 heterocycles. The van der Waals surface area contributed by atoms with Gasteiger partial charge in [-0.25, -0.2) is 0 Å². The first-order valence-corrected chi connectivity index (χ1v) is 16.4. The van der Waals surface area contributed by atoms with Crippen molar-refractivity contribution >= 4 is 45.0 Å². The summed E-state index contributed by atoms with van der Waals surface area (Å²) in [5, 5.41) is 26.7. The minimum atomic E-state index is -5.29. The molecule has 0 amide bonds. The Labute approximate surface area is 250 Å². The number of hydrogen-bond donors (Lipinski definition) is 11. The molecule has 7 rings (SSSR count). The van der Waals surface area contributed by atoms with Crippen LogP contribution in [0.15, 0.2) is 39.4 Å². The fraction of sp³-hybridized carbons (Fsp3) is 0.286. The molecule has 24 heteroatoms. The minimum absolute atomic E-state index is 0.171. The number of aliphatic hydroxyl groups is 1. The fourth-order valence-corrected chi connectivity index (χ4v) is 6.71. The van der Waals surface area contributed by atoms with Crippen molar-refractivity contribution in [2.75, 3.05) is 12.4 Å². The Bertz CT molecular complexity index is 1850. The number of nitrogens with one attached hydrogen (secondary N) is 3. The van der Waals surface area contributed by atoms with Gasteiger partial charge in [0.2, 0.25) is 0 Å². The van der Waals surface area contributed by atoms with Gasteiger partial charge >= 0.3 is 250 Å². The molecule has 2 unspecified atom stereocenters. The molecule has 4 aliphatic rings. The van der Waals surface area contributed by atoms with Crippen LogP contribution in [-0.4, -0.2) is 79.3 Å². The maximum atomic E-state index is 12.3. The van der Waals surface area contributed by atoms with Gasteiger partial charge in [-0.1, -0.05) is 0 Å². The Hall–Kier alpha value is -4.05. The first kappa shape index (κ1) is 29.6. The molecular formula is C21H27N9O13P2. The first-order chi connectivity index (χ1) is 21.3. The molecule has 2 bridgehead atoms. The number of H-pyrrole nitrogens is 1. The molecule has 0 aliphatic carbocycles. The van der Waals surface area contributed by atoms with E-state index in [9.17, 15) is 34.6 Å². The van der Waals surface area contributed by atoms with E-state index in [2.05, 4.69) is 25.7 Å². The average molecular weight is 675 g/mol. The van der Waals surface area contributed by atoms with Gasteiger partial charge in [0.05, 0.1) is 0 Å². The average Bonchev–Trinajstić information content (AvgIpc) is 3.72. The predicted octanol–water partition coefficient (Wildman–Crippen LogP) is -2.44. The number of nitrogens with two attached hydrogens (primary N) is 2. The number of aliphatic hydroxyl groups excluding tert-OH is 1. The summed E-state index contributed by atoms with van der Waals surface area (Å²) in [6, 6.07) is -0.260. The van der Waals surface area contributed by atoms with Gasteiger partial charge in [0.25, 0.3) is 0 Å². The standard InChI is InChI=1S/C21H27N9O13P2/c22-17-8-2-1-7(30(8)26-5-24-17)14-13(32)15-10(40-14)4-39-45(36,37)43-16-12(31)9(3-38-44(34,35)42-15)41-20(16)29-6-25-11-18(29)27-21(23)28-19(11)33/h1,3,6,8,12,17,24,26,31-32,34-37,44-45H,2,4-5,22H2,(H3,23,27,28,33)/b9-3+/t8?,12-,17?/m1/s1. The Kier molecular flexibility index (Phi) is 6.92. The second-order valence-corrected chi connectivity index (χ2v) is 13.1. The van der Waals surface area contributed by atoms with E-state index in [1.165, 1.54) is 0 Å². The number of fused-ring (bicyclic) bond motifs is 5. The third kappa shape index (κ3) is 5.13. The van der Waals surface area contributed by atoms with Crippen LogP contribution in [0.4, 0.5) is 5.95 Å². The van der Waals surface area contributed by atoms with Crippen LogP contribution >= 0.6 is 16.3 Å². The van der Waals surface area contributed by atoms with Crippen LogP contribution < -0.4 is 32.3 Å². The van der Waals surface area contributed by atoms with Crippen molar-refractivity contribution < 1.29 is 57.0 Å². The van der Waals surface area contributed by atoms with Crippen LogP contribution in [-0.2, 0) is 24.9 Å². The Balaban J connectivity index is 1.27. The molecule has 4 aliphatic heterocycles. The van der Waals surface area contributed by atoms with Gasteiger partial charge in [-0.05, 0) is 0 Å².